The fraction of sp³-hybridized carbons (Fsp3) is 0.800. The fourth-order valence-corrected chi connectivity index (χ4v) is 1.73. The summed E-state index contributed by atoms with van der Waals surface area (Å²) in [6.45, 7) is 4.41. The van der Waals surface area contributed by atoms with Gasteiger partial charge in [-0.05, 0) is 20.3 Å². The van der Waals surface area contributed by atoms with Gasteiger partial charge in [-0.3, -0.25) is 9.59 Å². The number of nitrogens with zero attached hydrogens (tertiary/aromatic N) is 1. The molecule has 0 radical (unpaired) electrons. The molecular weight excluding hydrogens is 182 g/mol. The predicted molar refractivity (Wildman–Crippen MR) is 51.7 cm³/mol. The van der Waals surface area contributed by atoms with Gasteiger partial charge in [0.05, 0.1) is 12.5 Å². The molecule has 0 bridgehead atoms. The van der Waals surface area contributed by atoms with Gasteiger partial charge in [0.15, 0.2) is 0 Å². The zero-order valence-corrected chi connectivity index (χ0v) is 8.69. The van der Waals surface area contributed by atoms with Gasteiger partial charge in [0.2, 0.25) is 5.91 Å². The lowest BCUT2D eigenvalue weighted by atomic mass is 10.0. The van der Waals surface area contributed by atoms with Crippen molar-refractivity contribution < 1.29 is 14.7 Å². The third kappa shape index (κ3) is 2.80. The molecule has 4 heteroatoms. The molecule has 1 N–H and O–H groups in total. The highest BCUT2D eigenvalue weighted by Gasteiger charge is 2.29. The molecule has 0 saturated carbocycles. The minimum Gasteiger partial charge on any atom is -0.393 e. The summed E-state index contributed by atoms with van der Waals surface area (Å²) >= 11 is 0. The molecular formula is C10H17NO3. The second kappa shape index (κ2) is 4.55. The normalized spacial score (nSPS) is 23.6. The first kappa shape index (κ1) is 11.2. The van der Waals surface area contributed by atoms with Crippen LogP contribution < -0.4 is 0 Å². The standard InChI is InChI=1S/C10H17NO3/c1-7(12)5-10(14)11-4-3-9(6-11)8(2)13/h8-9,13H,3-6H2,1-2H3. The smallest absolute Gasteiger partial charge is 0.230 e. The SMILES string of the molecule is CC(=O)CC(=O)N1CCC(C(C)O)C1. The van der Waals surface area contributed by atoms with E-state index in [0.29, 0.717) is 13.1 Å². The van der Waals surface area contributed by atoms with Crippen molar-refractivity contribution in [2.45, 2.75) is 32.8 Å². The summed E-state index contributed by atoms with van der Waals surface area (Å²) in [7, 11) is 0. The highest BCUT2D eigenvalue weighted by atomic mass is 16.3. The molecule has 80 valence electrons. The van der Waals surface area contributed by atoms with Crippen LogP contribution in [0, 0.1) is 5.92 Å². The van der Waals surface area contributed by atoms with Crippen LogP contribution in [-0.4, -0.2) is 40.9 Å². The molecule has 0 aromatic rings. The van der Waals surface area contributed by atoms with Crippen LogP contribution in [0.2, 0.25) is 0 Å². The van der Waals surface area contributed by atoms with E-state index in [1.807, 2.05) is 0 Å². The molecule has 0 aliphatic carbocycles. The molecule has 1 fully saturated rings. The summed E-state index contributed by atoms with van der Waals surface area (Å²) < 4.78 is 0. The molecule has 0 aromatic carbocycles. The second-order valence-corrected chi connectivity index (χ2v) is 4.01. The molecule has 14 heavy (non-hydrogen) atoms. The van der Waals surface area contributed by atoms with E-state index in [4.69, 9.17) is 0 Å². The van der Waals surface area contributed by atoms with Crippen LogP contribution in [0.15, 0.2) is 0 Å². The number of carbonyl (C=O) groups is 2. The number of aliphatic hydroxyl groups is 1. The van der Waals surface area contributed by atoms with Crippen molar-refractivity contribution in [3.63, 3.8) is 0 Å². The molecule has 1 rings (SSSR count). The number of hydrogen-bond acceptors (Lipinski definition) is 3. The summed E-state index contributed by atoms with van der Waals surface area (Å²) in [6.07, 6.45) is 0.457. The van der Waals surface area contributed by atoms with E-state index < -0.39 is 0 Å². The molecule has 0 spiro atoms. The van der Waals surface area contributed by atoms with Gasteiger partial charge in [-0.25, -0.2) is 0 Å². The van der Waals surface area contributed by atoms with Crippen LogP contribution in [0.25, 0.3) is 0 Å². The molecule has 4 nitrogen and oxygen atoms in total. The first-order chi connectivity index (χ1) is 6.50. The first-order valence-electron chi connectivity index (χ1n) is 4.96. The van der Waals surface area contributed by atoms with Gasteiger partial charge < -0.3 is 10.0 Å². The molecule has 1 aliphatic heterocycles. The Morgan fingerprint density at radius 3 is 2.64 bits per heavy atom. The summed E-state index contributed by atoms with van der Waals surface area (Å²) in [4.78, 5) is 23.8. The molecule has 1 amide bonds. The lowest BCUT2D eigenvalue weighted by Gasteiger charge is -2.16. The molecule has 1 heterocycles. The zero-order valence-electron chi connectivity index (χ0n) is 8.69. The van der Waals surface area contributed by atoms with E-state index in [1.165, 1.54) is 6.92 Å². The van der Waals surface area contributed by atoms with Crippen LogP contribution in [0.5, 0.6) is 0 Å². The van der Waals surface area contributed by atoms with Gasteiger partial charge in [0.25, 0.3) is 0 Å². The second-order valence-electron chi connectivity index (χ2n) is 4.01. The Labute approximate surface area is 83.9 Å². The Bertz CT molecular complexity index is 238. The third-order valence-electron chi connectivity index (χ3n) is 2.66. The van der Waals surface area contributed by atoms with Crippen LogP contribution >= 0.6 is 0 Å². The van der Waals surface area contributed by atoms with Gasteiger partial charge in [-0.2, -0.15) is 0 Å². The van der Waals surface area contributed by atoms with E-state index in [9.17, 15) is 14.7 Å². The van der Waals surface area contributed by atoms with E-state index in [1.54, 1.807) is 11.8 Å². The Balaban J connectivity index is 2.41. The molecule has 0 aromatic heterocycles. The molecule has 1 saturated heterocycles. The number of Topliss-reactive ketones (excluding diaryl/α,β-unsaturated/α-hetero) is 1. The van der Waals surface area contributed by atoms with Crippen LogP contribution in [-0.2, 0) is 9.59 Å². The maximum absolute atomic E-state index is 11.4. The van der Waals surface area contributed by atoms with E-state index in [0.717, 1.165) is 6.42 Å². The van der Waals surface area contributed by atoms with Gasteiger partial charge in [-0.15, -0.1) is 0 Å². The predicted octanol–water partition coefficient (Wildman–Crippen LogP) is 0.195. The molecule has 2 unspecified atom stereocenters. The van der Waals surface area contributed by atoms with E-state index in [2.05, 4.69) is 0 Å². The van der Waals surface area contributed by atoms with Crippen LogP contribution in [0.4, 0.5) is 0 Å². The van der Waals surface area contributed by atoms with Crippen molar-refractivity contribution in [2.24, 2.45) is 5.92 Å². The Hall–Kier alpha value is -0.900. The maximum atomic E-state index is 11.4. The quantitative estimate of drug-likeness (QED) is 0.660. The average molecular weight is 199 g/mol. The average Bonchev–Trinajstić information content (AvgIpc) is 2.50. The number of ketones is 1. The topological polar surface area (TPSA) is 57.6 Å². The van der Waals surface area contributed by atoms with Gasteiger partial charge in [0.1, 0.15) is 5.78 Å². The Morgan fingerprint density at radius 2 is 2.21 bits per heavy atom. The first-order valence-corrected chi connectivity index (χ1v) is 4.96. The maximum Gasteiger partial charge on any atom is 0.230 e. The largest absolute Gasteiger partial charge is 0.393 e. The monoisotopic (exact) mass is 199 g/mol. The van der Waals surface area contributed by atoms with Crippen LogP contribution in [0.3, 0.4) is 0 Å². The van der Waals surface area contributed by atoms with Gasteiger partial charge >= 0.3 is 0 Å². The van der Waals surface area contributed by atoms with E-state index >= 15 is 0 Å². The van der Waals surface area contributed by atoms with Crippen molar-refractivity contribution in [3.05, 3.63) is 0 Å². The highest BCUT2D eigenvalue weighted by Crippen LogP contribution is 2.20. The Morgan fingerprint density at radius 1 is 1.57 bits per heavy atom. The lowest BCUT2D eigenvalue weighted by Crippen LogP contribution is -2.31. The van der Waals surface area contributed by atoms with Crippen molar-refractivity contribution in [1.29, 1.82) is 0 Å². The lowest BCUT2D eigenvalue weighted by molar-refractivity contribution is -0.134. The minimum absolute atomic E-state index is 0.00741. The highest BCUT2D eigenvalue weighted by molar-refractivity contribution is 5.96. The van der Waals surface area contributed by atoms with Crippen molar-refractivity contribution in [2.75, 3.05) is 13.1 Å². The fourth-order valence-electron chi connectivity index (χ4n) is 1.73. The Kier molecular flexibility index (Phi) is 3.63. The van der Waals surface area contributed by atoms with Gasteiger partial charge in [0, 0.05) is 19.0 Å². The summed E-state index contributed by atoms with van der Waals surface area (Å²) in [5.41, 5.74) is 0. The van der Waals surface area contributed by atoms with Crippen molar-refractivity contribution in [1.82, 2.24) is 4.90 Å². The number of rotatable bonds is 3. The van der Waals surface area contributed by atoms with Crippen molar-refractivity contribution in [3.8, 4) is 0 Å². The number of amides is 1. The number of hydrogen-bond donors (Lipinski definition) is 1. The molecule has 2 atom stereocenters. The van der Waals surface area contributed by atoms with Gasteiger partial charge in [-0.1, -0.05) is 0 Å². The van der Waals surface area contributed by atoms with E-state index in [-0.39, 0.29) is 30.1 Å². The molecule has 1 aliphatic rings. The number of likely N-dealkylation sites (tertiary alicyclic amines) is 1. The summed E-state index contributed by atoms with van der Waals surface area (Å²) in [6, 6.07) is 0. The summed E-state index contributed by atoms with van der Waals surface area (Å²) in [5, 5.41) is 9.33. The van der Waals surface area contributed by atoms with Crippen LogP contribution in [0.1, 0.15) is 26.7 Å². The summed E-state index contributed by atoms with van der Waals surface area (Å²) in [5.74, 6) is -0.0398. The number of aliphatic hydroxyl groups excluding tert-OH is 1. The van der Waals surface area contributed by atoms with Crippen molar-refractivity contribution >= 4 is 11.7 Å². The minimum atomic E-state index is -0.370. The number of carbonyl (C=O) groups excluding carboxylic acids is 2. The zero-order chi connectivity index (χ0) is 10.7. The third-order valence-corrected chi connectivity index (χ3v) is 2.66.